The predicted octanol–water partition coefficient (Wildman–Crippen LogP) is 2.37. The minimum Gasteiger partial charge on any atom is -0.369 e. The molecule has 160 valence electrons. The number of sulfonamides is 1. The van der Waals surface area contributed by atoms with Crippen LogP contribution in [0.1, 0.15) is 29.5 Å². The molecule has 2 amide bonds. The fourth-order valence-corrected chi connectivity index (χ4v) is 5.48. The van der Waals surface area contributed by atoms with Gasteiger partial charge in [0.25, 0.3) is 0 Å². The van der Waals surface area contributed by atoms with E-state index in [1.165, 1.54) is 4.31 Å². The van der Waals surface area contributed by atoms with Gasteiger partial charge in [-0.3, -0.25) is 9.59 Å². The second kappa shape index (κ2) is 8.97. The smallest absolute Gasteiger partial charge is 0.243 e. The molecule has 1 fully saturated rings. The van der Waals surface area contributed by atoms with E-state index in [1.54, 1.807) is 43.3 Å². The fraction of sp³-hybridized carbons (Fsp3) is 0.364. The average molecular weight is 430 g/mol. The van der Waals surface area contributed by atoms with Gasteiger partial charge < -0.3 is 11.1 Å². The highest BCUT2D eigenvalue weighted by Gasteiger charge is 2.34. The summed E-state index contributed by atoms with van der Waals surface area (Å²) in [5.41, 5.74) is 8.13. The van der Waals surface area contributed by atoms with Crippen molar-refractivity contribution in [1.29, 1.82) is 0 Å². The number of rotatable bonds is 6. The Bertz CT molecular complexity index is 1050. The average Bonchev–Trinajstić information content (AvgIpc) is 2.71. The number of amides is 2. The molecule has 1 unspecified atom stereocenters. The molecule has 7 nitrogen and oxygen atoms in total. The second-order valence-corrected chi connectivity index (χ2v) is 9.71. The summed E-state index contributed by atoms with van der Waals surface area (Å²) in [7, 11) is -3.66. The quantitative estimate of drug-likeness (QED) is 0.734. The van der Waals surface area contributed by atoms with Crippen LogP contribution in [0, 0.1) is 19.8 Å². The summed E-state index contributed by atoms with van der Waals surface area (Å²) in [6.07, 6.45) is 1.40. The summed E-state index contributed by atoms with van der Waals surface area (Å²) in [5, 5.41) is 2.85. The molecular weight excluding hydrogens is 402 g/mol. The summed E-state index contributed by atoms with van der Waals surface area (Å²) in [6.45, 7) is 4.20. The van der Waals surface area contributed by atoms with E-state index in [0.29, 0.717) is 35.5 Å². The number of benzene rings is 2. The SMILES string of the molecule is Cc1ccc(C)c(S(=O)(=O)N2CCCC(C(=O)Nc3ccc(CC(N)=O)cc3)C2)c1. The van der Waals surface area contributed by atoms with Gasteiger partial charge in [-0.1, -0.05) is 24.3 Å². The minimum absolute atomic E-state index is 0.141. The van der Waals surface area contributed by atoms with Gasteiger partial charge in [0.05, 0.1) is 17.2 Å². The van der Waals surface area contributed by atoms with E-state index >= 15 is 0 Å². The van der Waals surface area contributed by atoms with Gasteiger partial charge in [-0.15, -0.1) is 0 Å². The van der Waals surface area contributed by atoms with Crippen LogP contribution in [-0.4, -0.2) is 37.6 Å². The minimum atomic E-state index is -3.66. The number of nitrogens with two attached hydrogens (primary N) is 1. The lowest BCUT2D eigenvalue weighted by molar-refractivity contribution is -0.121. The van der Waals surface area contributed by atoms with Gasteiger partial charge in [-0.25, -0.2) is 8.42 Å². The van der Waals surface area contributed by atoms with Crippen LogP contribution in [0.4, 0.5) is 5.69 Å². The molecule has 1 saturated heterocycles. The number of hydrogen-bond donors (Lipinski definition) is 2. The topological polar surface area (TPSA) is 110 Å². The molecule has 3 rings (SSSR count). The largest absolute Gasteiger partial charge is 0.369 e. The van der Waals surface area contributed by atoms with E-state index in [4.69, 9.17) is 5.73 Å². The molecule has 8 heteroatoms. The van der Waals surface area contributed by atoms with Crippen molar-refractivity contribution in [1.82, 2.24) is 4.31 Å². The van der Waals surface area contributed by atoms with Crippen LogP contribution in [0.15, 0.2) is 47.4 Å². The molecule has 0 aliphatic carbocycles. The number of anilines is 1. The Morgan fingerprint density at radius 2 is 1.83 bits per heavy atom. The summed E-state index contributed by atoms with van der Waals surface area (Å²) in [5.74, 6) is -1.05. The molecule has 0 radical (unpaired) electrons. The van der Waals surface area contributed by atoms with Crippen LogP contribution in [0.2, 0.25) is 0 Å². The normalized spacial score (nSPS) is 17.5. The second-order valence-electron chi connectivity index (χ2n) is 7.80. The lowest BCUT2D eigenvalue weighted by Gasteiger charge is -2.31. The van der Waals surface area contributed by atoms with Crippen molar-refractivity contribution in [2.24, 2.45) is 11.7 Å². The third-order valence-electron chi connectivity index (χ3n) is 5.32. The van der Waals surface area contributed by atoms with Crippen molar-refractivity contribution in [2.75, 3.05) is 18.4 Å². The zero-order chi connectivity index (χ0) is 21.9. The van der Waals surface area contributed by atoms with Gasteiger partial charge >= 0.3 is 0 Å². The van der Waals surface area contributed by atoms with E-state index in [2.05, 4.69) is 5.32 Å². The number of aryl methyl sites for hydroxylation is 2. The molecule has 0 aromatic heterocycles. The third-order valence-corrected chi connectivity index (χ3v) is 7.32. The fourth-order valence-electron chi connectivity index (χ4n) is 3.65. The number of carbonyl (C=O) groups is 2. The van der Waals surface area contributed by atoms with Crippen molar-refractivity contribution >= 4 is 27.5 Å². The van der Waals surface area contributed by atoms with Crippen molar-refractivity contribution in [3.05, 3.63) is 59.2 Å². The van der Waals surface area contributed by atoms with E-state index in [9.17, 15) is 18.0 Å². The molecule has 1 atom stereocenters. The Morgan fingerprint density at radius 1 is 1.13 bits per heavy atom. The Hall–Kier alpha value is -2.71. The number of piperidine rings is 1. The maximum Gasteiger partial charge on any atom is 0.243 e. The zero-order valence-corrected chi connectivity index (χ0v) is 18.0. The van der Waals surface area contributed by atoms with Crippen molar-refractivity contribution < 1.29 is 18.0 Å². The first-order valence-electron chi connectivity index (χ1n) is 9.92. The van der Waals surface area contributed by atoms with E-state index in [-0.39, 0.29) is 18.9 Å². The highest BCUT2D eigenvalue weighted by Crippen LogP contribution is 2.27. The molecule has 1 heterocycles. The maximum atomic E-state index is 13.2. The Labute approximate surface area is 177 Å². The molecule has 0 saturated carbocycles. The Morgan fingerprint density at radius 3 is 2.50 bits per heavy atom. The van der Waals surface area contributed by atoms with Gasteiger partial charge in [0.15, 0.2) is 0 Å². The Balaban J connectivity index is 1.70. The first-order valence-corrected chi connectivity index (χ1v) is 11.4. The molecule has 30 heavy (non-hydrogen) atoms. The number of hydrogen-bond acceptors (Lipinski definition) is 4. The van der Waals surface area contributed by atoms with Crippen molar-refractivity contribution in [2.45, 2.75) is 38.0 Å². The highest BCUT2D eigenvalue weighted by atomic mass is 32.2. The summed E-state index contributed by atoms with van der Waals surface area (Å²) < 4.78 is 27.8. The van der Waals surface area contributed by atoms with E-state index in [1.807, 2.05) is 13.0 Å². The lowest BCUT2D eigenvalue weighted by Crippen LogP contribution is -2.43. The first-order chi connectivity index (χ1) is 14.2. The maximum absolute atomic E-state index is 13.2. The molecule has 0 bridgehead atoms. The standard InChI is InChI=1S/C22H27N3O4S/c1-15-5-6-16(2)20(12-15)30(28,29)25-11-3-4-18(14-25)22(27)24-19-9-7-17(8-10-19)13-21(23)26/h5-10,12,18H,3-4,11,13-14H2,1-2H3,(H2,23,26)(H,24,27). The van der Waals surface area contributed by atoms with E-state index < -0.39 is 21.8 Å². The van der Waals surface area contributed by atoms with Crippen LogP contribution < -0.4 is 11.1 Å². The van der Waals surface area contributed by atoms with Gasteiger partial charge in [0.2, 0.25) is 21.8 Å². The van der Waals surface area contributed by atoms with Gasteiger partial charge in [0, 0.05) is 18.8 Å². The van der Waals surface area contributed by atoms with Crippen LogP contribution in [0.5, 0.6) is 0 Å². The zero-order valence-electron chi connectivity index (χ0n) is 17.2. The number of nitrogens with zero attached hydrogens (tertiary/aromatic N) is 1. The highest BCUT2D eigenvalue weighted by molar-refractivity contribution is 7.89. The van der Waals surface area contributed by atoms with Crippen molar-refractivity contribution in [3.8, 4) is 0 Å². The monoisotopic (exact) mass is 429 g/mol. The van der Waals surface area contributed by atoms with Crippen LogP contribution in [0.3, 0.4) is 0 Å². The molecular formula is C22H27N3O4S. The first kappa shape index (κ1) is 22.0. The van der Waals surface area contributed by atoms with Gasteiger partial charge in [-0.2, -0.15) is 4.31 Å². The van der Waals surface area contributed by atoms with E-state index in [0.717, 1.165) is 11.1 Å². The summed E-state index contributed by atoms with van der Waals surface area (Å²) >= 11 is 0. The number of primary amides is 1. The molecule has 2 aromatic carbocycles. The molecule has 3 N–H and O–H groups in total. The van der Waals surface area contributed by atoms with Crippen LogP contribution in [0.25, 0.3) is 0 Å². The van der Waals surface area contributed by atoms with Crippen molar-refractivity contribution in [3.63, 3.8) is 0 Å². The predicted molar refractivity (Wildman–Crippen MR) is 115 cm³/mol. The molecule has 0 spiro atoms. The summed E-state index contributed by atoms with van der Waals surface area (Å²) in [4.78, 5) is 24.0. The Kier molecular flexibility index (Phi) is 6.58. The van der Waals surface area contributed by atoms with Gasteiger partial charge in [-0.05, 0) is 61.6 Å². The molecule has 1 aliphatic heterocycles. The summed E-state index contributed by atoms with van der Waals surface area (Å²) in [6, 6.07) is 12.3. The van der Waals surface area contributed by atoms with Gasteiger partial charge in [0.1, 0.15) is 0 Å². The lowest BCUT2D eigenvalue weighted by atomic mass is 9.98. The van der Waals surface area contributed by atoms with Crippen LogP contribution in [-0.2, 0) is 26.0 Å². The van der Waals surface area contributed by atoms with Crippen LogP contribution >= 0.6 is 0 Å². The molecule has 1 aliphatic rings. The number of nitrogens with one attached hydrogen (secondary N) is 1. The number of carbonyl (C=O) groups excluding carboxylic acids is 2. The molecule has 2 aromatic rings. The third kappa shape index (κ3) is 5.06.